The van der Waals surface area contributed by atoms with Gasteiger partial charge in [-0.1, -0.05) is 41.9 Å². The Bertz CT molecular complexity index is 887. The first-order valence-electron chi connectivity index (χ1n) is 8.99. The van der Waals surface area contributed by atoms with Gasteiger partial charge in [-0.2, -0.15) is 4.98 Å². The zero-order chi connectivity index (χ0) is 19.1. The number of aryl methyl sites for hydroxylation is 1. The summed E-state index contributed by atoms with van der Waals surface area (Å²) in [7, 11) is 0. The van der Waals surface area contributed by atoms with Crippen LogP contribution in [0.15, 0.2) is 54.6 Å². The monoisotopic (exact) mass is 382 g/mol. The van der Waals surface area contributed by atoms with Gasteiger partial charge in [0, 0.05) is 10.6 Å². The van der Waals surface area contributed by atoms with Crippen molar-refractivity contribution in [2.24, 2.45) is 0 Å². The smallest absolute Gasteiger partial charge is 0.222 e. The van der Waals surface area contributed by atoms with Gasteiger partial charge in [-0.15, -0.1) is 0 Å². The maximum atomic E-state index is 6.13. The molecule has 0 unspecified atom stereocenters. The Morgan fingerprint density at radius 1 is 0.889 bits per heavy atom. The molecule has 1 aromatic heterocycles. The lowest BCUT2D eigenvalue weighted by Gasteiger charge is -2.12. The van der Waals surface area contributed by atoms with Crippen LogP contribution in [0.5, 0.6) is 5.75 Å². The van der Waals surface area contributed by atoms with E-state index in [-0.39, 0.29) is 5.95 Å². The van der Waals surface area contributed by atoms with Gasteiger partial charge < -0.3 is 16.2 Å². The molecule has 0 saturated heterocycles. The molecule has 0 spiro atoms. The van der Waals surface area contributed by atoms with Crippen molar-refractivity contribution in [3.05, 3.63) is 65.3 Å². The molecular weight excluding hydrogens is 360 g/mol. The first kappa shape index (κ1) is 19.0. The number of halogens is 1. The van der Waals surface area contributed by atoms with Crippen LogP contribution in [-0.2, 0) is 6.42 Å². The highest BCUT2D eigenvalue weighted by Gasteiger charge is 2.13. The van der Waals surface area contributed by atoms with Gasteiger partial charge in [0.15, 0.2) is 0 Å². The lowest BCUT2D eigenvalue weighted by molar-refractivity contribution is 0.305. The van der Waals surface area contributed by atoms with E-state index in [0.717, 1.165) is 48.3 Å². The van der Waals surface area contributed by atoms with Gasteiger partial charge in [0.2, 0.25) is 5.95 Å². The molecule has 0 saturated carbocycles. The highest BCUT2D eigenvalue weighted by molar-refractivity contribution is 6.30. The van der Waals surface area contributed by atoms with Gasteiger partial charge in [0.25, 0.3) is 0 Å². The average molecular weight is 383 g/mol. The van der Waals surface area contributed by atoms with Crippen molar-refractivity contribution in [2.45, 2.75) is 25.7 Å². The highest BCUT2D eigenvalue weighted by atomic mass is 35.5. The molecule has 2 aromatic carbocycles. The Morgan fingerprint density at radius 3 is 2.48 bits per heavy atom. The summed E-state index contributed by atoms with van der Waals surface area (Å²) in [6.45, 7) is 0.694. The molecule has 6 heteroatoms. The Hall–Kier alpha value is -2.79. The van der Waals surface area contributed by atoms with Crippen molar-refractivity contribution in [2.75, 3.05) is 18.1 Å². The molecule has 0 atom stereocenters. The van der Waals surface area contributed by atoms with Gasteiger partial charge in [0.1, 0.15) is 11.6 Å². The van der Waals surface area contributed by atoms with Crippen LogP contribution < -0.4 is 16.2 Å². The second kappa shape index (κ2) is 9.24. The van der Waals surface area contributed by atoms with Gasteiger partial charge in [-0.3, -0.25) is 0 Å². The second-order valence-electron chi connectivity index (χ2n) is 6.27. The summed E-state index contributed by atoms with van der Waals surface area (Å²) in [6, 6.07) is 17.4. The van der Waals surface area contributed by atoms with E-state index in [2.05, 4.69) is 9.97 Å². The first-order chi connectivity index (χ1) is 13.1. The Labute approximate surface area is 164 Å². The molecule has 0 fully saturated rings. The quantitative estimate of drug-likeness (QED) is 0.549. The van der Waals surface area contributed by atoms with Crippen LogP contribution in [-0.4, -0.2) is 16.6 Å². The fraction of sp³-hybridized carbons (Fsp3) is 0.238. The van der Waals surface area contributed by atoms with Crippen molar-refractivity contribution >= 4 is 23.4 Å². The second-order valence-corrected chi connectivity index (χ2v) is 6.71. The van der Waals surface area contributed by atoms with E-state index in [4.69, 9.17) is 27.8 Å². The molecule has 0 amide bonds. The molecule has 3 aromatic rings. The normalized spacial score (nSPS) is 10.7. The maximum Gasteiger partial charge on any atom is 0.222 e. The third kappa shape index (κ3) is 5.34. The van der Waals surface area contributed by atoms with E-state index >= 15 is 0 Å². The van der Waals surface area contributed by atoms with E-state index < -0.39 is 0 Å². The molecule has 0 aliphatic carbocycles. The summed E-state index contributed by atoms with van der Waals surface area (Å²) in [5, 5.41) is 0.646. The molecule has 3 rings (SSSR count). The number of ether oxygens (including phenoxy) is 1. The molecule has 4 N–H and O–H groups in total. The molecule has 0 aliphatic rings. The van der Waals surface area contributed by atoms with E-state index in [9.17, 15) is 0 Å². The molecule has 5 nitrogen and oxygen atoms in total. The minimum atomic E-state index is 0.195. The van der Waals surface area contributed by atoms with Crippen LogP contribution in [0.1, 0.15) is 25.0 Å². The Kier molecular flexibility index (Phi) is 6.49. The highest BCUT2D eigenvalue weighted by Crippen LogP contribution is 2.31. The summed E-state index contributed by atoms with van der Waals surface area (Å²) in [5.41, 5.74) is 14.5. The molecule has 0 bridgehead atoms. The van der Waals surface area contributed by atoms with E-state index in [1.54, 1.807) is 0 Å². The van der Waals surface area contributed by atoms with Gasteiger partial charge in [-0.25, -0.2) is 4.98 Å². The number of rotatable bonds is 8. The van der Waals surface area contributed by atoms with Crippen LogP contribution in [0.25, 0.3) is 11.1 Å². The van der Waals surface area contributed by atoms with Crippen molar-refractivity contribution in [3.8, 4) is 16.9 Å². The topological polar surface area (TPSA) is 87.0 Å². The Morgan fingerprint density at radius 2 is 1.70 bits per heavy atom. The number of nitrogen functional groups attached to an aromatic ring is 2. The zero-order valence-electron chi connectivity index (χ0n) is 15.1. The molecule has 27 heavy (non-hydrogen) atoms. The summed E-state index contributed by atoms with van der Waals surface area (Å²) >= 11 is 6.12. The summed E-state index contributed by atoms with van der Waals surface area (Å²) in [5.74, 6) is 1.48. The molecule has 0 radical (unpaired) electrons. The van der Waals surface area contributed by atoms with E-state index in [1.807, 2.05) is 54.6 Å². The van der Waals surface area contributed by atoms with Crippen molar-refractivity contribution in [1.29, 1.82) is 0 Å². The summed E-state index contributed by atoms with van der Waals surface area (Å²) in [4.78, 5) is 8.53. The van der Waals surface area contributed by atoms with Crippen LogP contribution in [0.3, 0.4) is 0 Å². The number of para-hydroxylation sites is 1. The molecule has 0 aliphatic heterocycles. The first-order valence-corrected chi connectivity index (χ1v) is 9.37. The third-order valence-corrected chi connectivity index (χ3v) is 4.45. The van der Waals surface area contributed by atoms with E-state index in [0.29, 0.717) is 17.4 Å². The van der Waals surface area contributed by atoms with Crippen LogP contribution >= 0.6 is 11.6 Å². The van der Waals surface area contributed by atoms with Crippen molar-refractivity contribution in [3.63, 3.8) is 0 Å². The predicted molar refractivity (Wildman–Crippen MR) is 111 cm³/mol. The van der Waals surface area contributed by atoms with Crippen LogP contribution in [0.4, 0.5) is 11.8 Å². The average Bonchev–Trinajstić information content (AvgIpc) is 2.65. The van der Waals surface area contributed by atoms with Crippen LogP contribution in [0.2, 0.25) is 5.02 Å². The minimum Gasteiger partial charge on any atom is -0.494 e. The number of nitrogens with two attached hydrogens (primary N) is 2. The van der Waals surface area contributed by atoms with E-state index in [1.165, 1.54) is 0 Å². The summed E-state index contributed by atoms with van der Waals surface area (Å²) in [6.07, 6.45) is 3.72. The number of hydrogen-bond acceptors (Lipinski definition) is 5. The zero-order valence-corrected chi connectivity index (χ0v) is 15.8. The number of nitrogens with zero attached hydrogens (tertiary/aromatic N) is 2. The Balaban J connectivity index is 1.59. The number of anilines is 2. The minimum absolute atomic E-state index is 0.195. The van der Waals surface area contributed by atoms with Gasteiger partial charge in [0.05, 0.1) is 12.3 Å². The fourth-order valence-electron chi connectivity index (χ4n) is 2.96. The van der Waals surface area contributed by atoms with Gasteiger partial charge >= 0.3 is 0 Å². The van der Waals surface area contributed by atoms with Crippen molar-refractivity contribution < 1.29 is 4.74 Å². The lowest BCUT2D eigenvalue weighted by Crippen LogP contribution is -2.07. The van der Waals surface area contributed by atoms with Gasteiger partial charge in [-0.05, 0) is 55.5 Å². The fourth-order valence-corrected chi connectivity index (χ4v) is 3.15. The number of unbranched alkanes of at least 4 members (excludes halogenated alkanes) is 2. The lowest BCUT2D eigenvalue weighted by atomic mass is 10.0. The molecule has 1 heterocycles. The largest absolute Gasteiger partial charge is 0.494 e. The SMILES string of the molecule is Nc1nc(N)c(-c2cccc(Cl)c2)c(CCCCCOc2ccccc2)n1. The van der Waals surface area contributed by atoms with Crippen LogP contribution in [0, 0.1) is 0 Å². The number of aromatic nitrogens is 2. The predicted octanol–water partition coefficient (Wildman–Crippen LogP) is 4.75. The number of hydrogen-bond donors (Lipinski definition) is 2. The molecular formula is C21H23ClN4O. The number of benzene rings is 2. The van der Waals surface area contributed by atoms with Crippen molar-refractivity contribution in [1.82, 2.24) is 9.97 Å². The molecule has 140 valence electrons. The summed E-state index contributed by atoms with van der Waals surface area (Å²) < 4.78 is 5.72. The standard InChI is InChI=1S/C21H23ClN4O/c22-16-9-7-8-15(14-16)19-18(25-21(24)26-20(19)23)12-5-2-6-13-27-17-10-3-1-4-11-17/h1,3-4,7-11,14H,2,5-6,12-13H2,(H4,23,24,25,26). The third-order valence-electron chi connectivity index (χ3n) is 4.21. The maximum absolute atomic E-state index is 6.13.